The van der Waals surface area contributed by atoms with Gasteiger partial charge in [-0.1, -0.05) is 11.6 Å². The summed E-state index contributed by atoms with van der Waals surface area (Å²) < 4.78 is 13.2. The largest absolute Gasteiger partial charge is 0.480 e. The topological polar surface area (TPSA) is 69.6 Å². The summed E-state index contributed by atoms with van der Waals surface area (Å²) in [6.45, 7) is 2.77. The van der Waals surface area contributed by atoms with Crippen molar-refractivity contribution in [3.05, 3.63) is 29.0 Å². The van der Waals surface area contributed by atoms with Gasteiger partial charge in [-0.05, 0) is 32.0 Å². The molecule has 0 spiro atoms. The van der Waals surface area contributed by atoms with Gasteiger partial charge in [-0.2, -0.15) is 0 Å². The number of nitrogens with zero attached hydrogens (tertiary/aromatic N) is 1. The van der Waals surface area contributed by atoms with Crippen molar-refractivity contribution < 1.29 is 19.1 Å². The molecule has 0 fully saturated rings. The smallest absolute Gasteiger partial charge is 0.329 e. The van der Waals surface area contributed by atoms with Crippen LogP contribution >= 0.6 is 11.6 Å². The van der Waals surface area contributed by atoms with Crippen LogP contribution in [0, 0.1) is 5.82 Å². The number of carboxylic acids is 1. The summed E-state index contributed by atoms with van der Waals surface area (Å²) in [7, 11) is 1.34. The molecule has 104 valence electrons. The highest BCUT2D eigenvalue weighted by atomic mass is 35.5. The first kappa shape index (κ1) is 15.2. The molecule has 2 amide bonds. The number of anilines is 1. The monoisotopic (exact) mass is 288 g/mol. The normalized spacial score (nSPS) is 11.0. The van der Waals surface area contributed by atoms with E-state index < -0.39 is 23.4 Å². The molecule has 0 heterocycles. The Bertz CT molecular complexity index is 520. The van der Waals surface area contributed by atoms with Gasteiger partial charge in [0.2, 0.25) is 0 Å². The van der Waals surface area contributed by atoms with Gasteiger partial charge in [0.1, 0.15) is 11.4 Å². The zero-order chi connectivity index (χ0) is 14.8. The molecule has 0 aromatic heterocycles. The lowest BCUT2D eigenvalue weighted by atomic mass is 10.1. The van der Waals surface area contributed by atoms with Gasteiger partial charge in [0.25, 0.3) is 0 Å². The number of rotatable bonds is 3. The number of benzene rings is 1. The number of carbonyl (C=O) groups excluding carboxylic acids is 1. The third kappa shape index (κ3) is 3.35. The standard InChI is InChI=1S/C12H14ClFN2O3/c1-12(2,10(17)18)16(3)11(19)15-7-4-5-8(13)9(14)6-7/h4-6H,1-3H3,(H,15,19)(H,17,18). The van der Waals surface area contributed by atoms with Crippen LogP contribution in [0.3, 0.4) is 0 Å². The summed E-state index contributed by atoms with van der Waals surface area (Å²) in [5.41, 5.74) is -1.19. The molecule has 0 unspecified atom stereocenters. The number of hydrogen-bond acceptors (Lipinski definition) is 2. The van der Waals surface area contributed by atoms with Crippen molar-refractivity contribution in [1.82, 2.24) is 4.90 Å². The lowest BCUT2D eigenvalue weighted by Crippen LogP contribution is -2.52. The molecule has 1 aromatic rings. The van der Waals surface area contributed by atoms with Gasteiger partial charge in [0, 0.05) is 12.7 Å². The fourth-order valence-electron chi connectivity index (χ4n) is 1.18. The number of amides is 2. The highest BCUT2D eigenvalue weighted by molar-refractivity contribution is 6.30. The van der Waals surface area contributed by atoms with E-state index in [2.05, 4.69) is 5.32 Å². The minimum Gasteiger partial charge on any atom is -0.480 e. The Morgan fingerprint density at radius 1 is 1.42 bits per heavy atom. The van der Waals surface area contributed by atoms with Gasteiger partial charge >= 0.3 is 12.0 Å². The number of likely N-dealkylation sites (N-methyl/N-ethyl adjacent to an activating group) is 1. The average Bonchev–Trinajstić information content (AvgIpc) is 2.32. The van der Waals surface area contributed by atoms with Gasteiger partial charge in [-0.15, -0.1) is 0 Å². The second-order valence-corrected chi connectivity index (χ2v) is 4.89. The number of urea groups is 1. The molecule has 0 atom stereocenters. The van der Waals surface area contributed by atoms with E-state index in [9.17, 15) is 14.0 Å². The van der Waals surface area contributed by atoms with E-state index in [0.29, 0.717) is 0 Å². The minimum absolute atomic E-state index is 0.0581. The van der Waals surface area contributed by atoms with E-state index in [4.69, 9.17) is 16.7 Å². The minimum atomic E-state index is -1.38. The number of aliphatic carboxylic acids is 1. The van der Waals surface area contributed by atoms with Gasteiger partial charge in [0.15, 0.2) is 0 Å². The summed E-state index contributed by atoms with van der Waals surface area (Å²) in [5, 5.41) is 11.3. The summed E-state index contributed by atoms with van der Waals surface area (Å²) in [6, 6.07) is 3.12. The number of carbonyl (C=O) groups is 2. The third-order valence-electron chi connectivity index (χ3n) is 2.84. The lowest BCUT2D eigenvalue weighted by Gasteiger charge is -2.31. The molecule has 2 N–H and O–H groups in total. The van der Waals surface area contributed by atoms with E-state index in [1.807, 2.05) is 0 Å². The molecule has 7 heteroatoms. The Hall–Kier alpha value is -1.82. The van der Waals surface area contributed by atoms with Crippen molar-refractivity contribution in [3.63, 3.8) is 0 Å². The maximum atomic E-state index is 13.2. The first-order chi connectivity index (χ1) is 8.66. The van der Waals surface area contributed by atoms with Crippen molar-refractivity contribution in [1.29, 1.82) is 0 Å². The summed E-state index contributed by atoms with van der Waals surface area (Å²) in [5.74, 6) is -1.81. The van der Waals surface area contributed by atoms with Crippen LogP contribution in [0.15, 0.2) is 18.2 Å². The molecule has 0 aliphatic rings. The molecule has 0 aliphatic heterocycles. The van der Waals surface area contributed by atoms with Crippen LogP contribution in [0.5, 0.6) is 0 Å². The fourth-order valence-corrected chi connectivity index (χ4v) is 1.30. The Morgan fingerprint density at radius 2 is 2.00 bits per heavy atom. The van der Waals surface area contributed by atoms with E-state index in [1.54, 1.807) is 0 Å². The molecule has 19 heavy (non-hydrogen) atoms. The molecule has 0 saturated heterocycles. The van der Waals surface area contributed by atoms with Crippen molar-refractivity contribution in [3.8, 4) is 0 Å². The predicted molar refractivity (Wildman–Crippen MR) is 69.9 cm³/mol. The van der Waals surface area contributed by atoms with E-state index >= 15 is 0 Å². The Balaban J connectivity index is 2.85. The molecule has 0 aliphatic carbocycles. The van der Waals surface area contributed by atoms with Crippen molar-refractivity contribution in [2.24, 2.45) is 0 Å². The van der Waals surface area contributed by atoms with Crippen molar-refractivity contribution >= 4 is 29.3 Å². The number of hydrogen-bond donors (Lipinski definition) is 2. The van der Waals surface area contributed by atoms with E-state index in [0.717, 1.165) is 11.0 Å². The van der Waals surface area contributed by atoms with Crippen LogP contribution in [0.2, 0.25) is 5.02 Å². The molecule has 0 bridgehead atoms. The molecule has 0 saturated carbocycles. The Morgan fingerprint density at radius 3 is 2.47 bits per heavy atom. The number of nitrogens with one attached hydrogen (secondary N) is 1. The van der Waals surface area contributed by atoms with Gasteiger partial charge < -0.3 is 15.3 Å². The summed E-state index contributed by atoms with van der Waals surface area (Å²) in [4.78, 5) is 23.9. The van der Waals surface area contributed by atoms with Gasteiger partial charge in [0.05, 0.1) is 5.02 Å². The molecule has 1 aromatic carbocycles. The first-order valence-electron chi connectivity index (χ1n) is 5.39. The van der Waals surface area contributed by atoms with Crippen LogP contribution < -0.4 is 5.32 Å². The third-order valence-corrected chi connectivity index (χ3v) is 3.14. The maximum Gasteiger partial charge on any atom is 0.329 e. The lowest BCUT2D eigenvalue weighted by molar-refractivity contribution is -0.146. The highest BCUT2D eigenvalue weighted by Crippen LogP contribution is 2.20. The van der Waals surface area contributed by atoms with Crippen LogP contribution in [0.4, 0.5) is 14.9 Å². The molecular weight excluding hydrogens is 275 g/mol. The highest BCUT2D eigenvalue weighted by Gasteiger charge is 2.35. The van der Waals surface area contributed by atoms with E-state index in [-0.39, 0.29) is 10.7 Å². The first-order valence-corrected chi connectivity index (χ1v) is 5.77. The Kier molecular flexibility index (Phi) is 4.36. The van der Waals surface area contributed by atoms with Crippen LogP contribution in [0.1, 0.15) is 13.8 Å². The molecule has 1 rings (SSSR count). The summed E-state index contributed by atoms with van der Waals surface area (Å²) in [6.07, 6.45) is 0. The van der Waals surface area contributed by atoms with Crippen LogP contribution in [-0.2, 0) is 4.79 Å². The second kappa shape index (κ2) is 5.44. The molecule has 5 nitrogen and oxygen atoms in total. The molecule has 0 radical (unpaired) electrons. The van der Waals surface area contributed by atoms with Crippen molar-refractivity contribution in [2.45, 2.75) is 19.4 Å². The number of halogens is 2. The zero-order valence-electron chi connectivity index (χ0n) is 10.7. The van der Waals surface area contributed by atoms with Crippen LogP contribution in [-0.4, -0.2) is 34.6 Å². The zero-order valence-corrected chi connectivity index (χ0v) is 11.5. The van der Waals surface area contributed by atoms with E-state index in [1.165, 1.54) is 33.0 Å². The maximum absolute atomic E-state index is 13.2. The quantitative estimate of drug-likeness (QED) is 0.898. The van der Waals surface area contributed by atoms with Crippen LogP contribution in [0.25, 0.3) is 0 Å². The second-order valence-electron chi connectivity index (χ2n) is 4.48. The van der Waals surface area contributed by atoms with Crippen molar-refractivity contribution in [2.75, 3.05) is 12.4 Å². The summed E-state index contributed by atoms with van der Waals surface area (Å²) >= 11 is 5.52. The van der Waals surface area contributed by atoms with Gasteiger partial charge in [-0.3, -0.25) is 0 Å². The molecular formula is C12H14ClFN2O3. The van der Waals surface area contributed by atoms with Gasteiger partial charge in [-0.25, -0.2) is 14.0 Å². The SMILES string of the molecule is CN(C(=O)Nc1ccc(Cl)c(F)c1)C(C)(C)C(=O)O. The fraction of sp³-hybridized carbons (Fsp3) is 0.333. The number of carboxylic acid groups (broad SMARTS) is 1. The predicted octanol–water partition coefficient (Wildman–Crippen LogP) is 2.81. The Labute approximate surface area is 115 Å². The average molecular weight is 289 g/mol.